The highest BCUT2D eigenvalue weighted by Crippen LogP contribution is 1.87. The maximum atomic E-state index is 6.87. The van der Waals surface area contributed by atoms with Crippen molar-refractivity contribution in [2.75, 3.05) is 6.54 Å². The van der Waals surface area contributed by atoms with E-state index in [-0.39, 0.29) is 6.04 Å². The number of hydrogen-bond donors (Lipinski definition) is 2. The molecule has 0 saturated heterocycles. The van der Waals surface area contributed by atoms with E-state index in [2.05, 4.69) is 19.2 Å². The predicted molar refractivity (Wildman–Crippen MR) is 41.1 cm³/mol. The van der Waals surface area contributed by atoms with Gasteiger partial charge in [0.2, 0.25) is 0 Å². The van der Waals surface area contributed by atoms with E-state index in [9.17, 15) is 0 Å². The number of rotatable bonds is 4. The highest BCUT2D eigenvalue weighted by atomic mass is 14.9. The average molecular weight is 128 g/mol. The zero-order chi connectivity index (χ0) is 7.28. The van der Waals surface area contributed by atoms with Gasteiger partial charge in [0.05, 0.1) is 0 Å². The summed E-state index contributed by atoms with van der Waals surface area (Å²) < 4.78 is 0. The van der Waals surface area contributed by atoms with Crippen LogP contribution in [0.1, 0.15) is 20.8 Å². The van der Waals surface area contributed by atoms with Crippen molar-refractivity contribution in [1.29, 1.82) is 5.41 Å². The lowest BCUT2D eigenvalue weighted by Gasteiger charge is -2.09. The summed E-state index contributed by atoms with van der Waals surface area (Å²) in [6, 6.07) is 0.229. The van der Waals surface area contributed by atoms with Gasteiger partial charge in [-0.3, -0.25) is 0 Å². The zero-order valence-corrected chi connectivity index (χ0v) is 6.44. The summed E-state index contributed by atoms with van der Waals surface area (Å²) in [6.07, 6.45) is 1.42. The van der Waals surface area contributed by atoms with E-state index in [1.165, 1.54) is 6.21 Å². The van der Waals surface area contributed by atoms with Crippen molar-refractivity contribution in [3.05, 3.63) is 0 Å². The molecule has 0 rings (SSSR count). The van der Waals surface area contributed by atoms with E-state index in [0.717, 1.165) is 6.54 Å². The van der Waals surface area contributed by atoms with Crippen LogP contribution in [0.3, 0.4) is 0 Å². The van der Waals surface area contributed by atoms with E-state index < -0.39 is 0 Å². The van der Waals surface area contributed by atoms with Gasteiger partial charge in [-0.1, -0.05) is 13.8 Å². The summed E-state index contributed by atoms with van der Waals surface area (Å²) in [4.78, 5) is 0. The van der Waals surface area contributed by atoms with E-state index in [1.54, 1.807) is 0 Å². The zero-order valence-electron chi connectivity index (χ0n) is 6.44. The molecule has 0 bridgehead atoms. The molecule has 0 fully saturated rings. The lowest BCUT2D eigenvalue weighted by Crippen LogP contribution is -2.30. The Hall–Kier alpha value is -0.370. The second-order valence-corrected chi connectivity index (χ2v) is 2.76. The van der Waals surface area contributed by atoms with Gasteiger partial charge in [-0.15, -0.1) is 0 Å². The Bertz CT molecular complexity index is 79.0. The van der Waals surface area contributed by atoms with E-state index in [1.807, 2.05) is 6.92 Å². The molecule has 2 nitrogen and oxygen atoms in total. The van der Waals surface area contributed by atoms with E-state index >= 15 is 0 Å². The first-order valence-electron chi connectivity index (χ1n) is 3.40. The molecule has 0 aromatic heterocycles. The summed E-state index contributed by atoms with van der Waals surface area (Å²) in [7, 11) is 0. The van der Waals surface area contributed by atoms with Crippen LogP contribution in [0.25, 0.3) is 0 Å². The molecular formula is C7H16N2. The van der Waals surface area contributed by atoms with Crippen LogP contribution in [-0.4, -0.2) is 18.8 Å². The Kier molecular flexibility index (Phi) is 4.32. The molecule has 0 radical (unpaired) electrons. The third-order valence-corrected chi connectivity index (χ3v) is 1.10. The van der Waals surface area contributed by atoms with Gasteiger partial charge in [0.1, 0.15) is 0 Å². The fourth-order valence-electron chi connectivity index (χ4n) is 0.481. The Morgan fingerprint density at radius 2 is 2.00 bits per heavy atom. The van der Waals surface area contributed by atoms with Crippen molar-refractivity contribution in [1.82, 2.24) is 5.32 Å². The molecule has 0 aromatic carbocycles. The van der Waals surface area contributed by atoms with Crippen LogP contribution >= 0.6 is 0 Å². The molecule has 54 valence electrons. The Morgan fingerprint density at radius 1 is 1.44 bits per heavy atom. The second kappa shape index (κ2) is 4.50. The standard InChI is InChI=1S/C7H16N2/c1-6(2)5-9-7(3)4-8/h4,6-9H,5H2,1-3H3. The minimum absolute atomic E-state index is 0.229. The molecule has 0 saturated carbocycles. The Balaban J connectivity index is 3.16. The van der Waals surface area contributed by atoms with Crippen LogP contribution in [0.2, 0.25) is 0 Å². The summed E-state index contributed by atoms with van der Waals surface area (Å²) >= 11 is 0. The van der Waals surface area contributed by atoms with Crippen molar-refractivity contribution in [3.63, 3.8) is 0 Å². The topological polar surface area (TPSA) is 35.9 Å². The van der Waals surface area contributed by atoms with Crippen LogP contribution in [0.5, 0.6) is 0 Å². The largest absolute Gasteiger partial charge is 0.311 e. The van der Waals surface area contributed by atoms with Gasteiger partial charge in [-0.05, 0) is 19.4 Å². The van der Waals surface area contributed by atoms with Crippen molar-refractivity contribution in [3.8, 4) is 0 Å². The molecule has 0 aliphatic rings. The number of nitrogens with one attached hydrogen (secondary N) is 2. The predicted octanol–water partition coefficient (Wildman–Crippen LogP) is 1.27. The summed E-state index contributed by atoms with van der Waals surface area (Å²) in [5.74, 6) is 0.674. The van der Waals surface area contributed by atoms with Crippen LogP contribution < -0.4 is 5.32 Å². The average Bonchev–Trinajstić information content (AvgIpc) is 1.83. The van der Waals surface area contributed by atoms with Crippen molar-refractivity contribution in [2.45, 2.75) is 26.8 Å². The lowest BCUT2D eigenvalue weighted by molar-refractivity contribution is 0.541. The second-order valence-electron chi connectivity index (χ2n) is 2.76. The minimum atomic E-state index is 0.229. The summed E-state index contributed by atoms with van der Waals surface area (Å²) in [5.41, 5.74) is 0. The van der Waals surface area contributed by atoms with Gasteiger partial charge in [-0.2, -0.15) is 0 Å². The molecule has 0 spiro atoms. The molecule has 0 aliphatic heterocycles. The van der Waals surface area contributed by atoms with E-state index in [0.29, 0.717) is 5.92 Å². The molecule has 2 N–H and O–H groups in total. The van der Waals surface area contributed by atoms with E-state index in [4.69, 9.17) is 5.41 Å². The molecule has 0 aliphatic carbocycles. The first-order chi connectivity index (χ1) is 4.16. The van der Waals surface area contributed by atoms with Crippen molar-refractivity contribution < 1.29 is 0 Å². The summed E-state index contributed by atoms with van der Waals surface area (Å²) in [6.45, 7) is 7.29. The van der Waals surface area contributed by atoms with Gasteiger partial charge in [0.25, 0.3) is 0 Å². The molecular weight excluding hydrogens is 112 g/mol. The van der Waals surface area contributed by atoms with Gasteiger partial charge in [-0.25, -0.2) is 0 Å². The van der Waals surface area contributed by atoms with Gasteiger partial charge in [0, 0.05) is 12.3 Å². The first-order valence-corrected chi connectivity index (χ1v) is 3.40. The fraction of sp³-hybridized carbons (Fsp3) is 0.857. The molecule has 0 amide bonds. The van der Waals surface area contributed by atoms with Gasteiger partial charge in [0.15, 0.2) is 0 Å². The van der Waals surface area contributed by atoms with Crippen LogP contribution in [-0.2, 0) is 0 Å². The smallest absolute Gasteiger partial charge is 0.0388 e. The summed E-state index contributed by atoms with van der Waals surface area (Å²) in [5, 5.41) is 10.1. The third-order valence-electron chi connectivity index (χ3n) is 1.10. The molecule has 1 unspecified atom stereocenters. The van der Waals surface area contributed by atoms with Gasteiger partial charge < -0.3 is 10.7 Å². The van der Waals surface area contributed by atoms with Crippen molar-refractivity contribution >= 4 is 6.21 Å². The molecule has 0 heterocycles. The monoisotopic (exact) mass is 128 g/mol. The SMILES string of the molecule is CC(C)CNC(C)C=N. The minimum Gasteiger partial charge on any atom is -0.311 e. The van der Waals surface area contributed by atoms with Crippen LogP contribution in [0.4, 0.5) is 0 Å². The normalized spacial score (nSPS) is 13.8. The molecule has 2 heteroatoms. The maximum Gasteiger partial charge on any atom is 0.0388 e. The first kappa shape index (κ1) is 8.63. The van der Waals surface area contributed by atoms with Crippen molar-refractivity contribution in [2.24, 2.45) is 5.92 Å². The third kappa shape index (κ3) is 5.50. The molecule has 0 aromatic rings. The fourth-order valence-corrected chi connectivity index (χ4v) is 0.481. The molecule has 9 heavy (non-hydrogen) atoms. The lowest BCUT2D eigenvalue weighted by atomic mass is 10.2. The Labute approximate surface area is 57.2 Å². The Morgan fingerprint density at radius 3 is 2.33 bits per heavy atom. The maximum absolute atomic E-state index is 6.87. The van der Waals surface area contributed by atoms with Crippen LogP contribution in [0, 0.1) is 11.3 Å². The van der Waals surface area contributed by atoms with Gasteiger partial charge >= 0.3 is 0 Å². The van der Waals surface area contributed by atoms with Crippen LogP contribution in [0.15, 0.2) is 0 Å². The highest BCUT2D eigenvalue weighted by molar-refractivity contribution is 5.59. The molecule has 1 atom stereocenters. The quantitative estimate of drug-likeness (QED) is 0.549. The highest BCUT2D eigenvalue weighted by Gasteiger charge is 1.96. The number of hydrogen-bond acceptors (Lipinski definition) is 2.